The molecule has 5 aromatic rings. The molecule has 2 aromatic heterocycles. The molecule has 0 saturated heterocycles. The molecule has 214 valence electrons. The molecule has 3 N–H and O–H groups in total. The van der Waals surface area contributed by atoms with Gasteiger partial charge in [0.2, 0.25) is 15.2 Å². The smallest absolute Gasteiger partial charge is 0.355 e. The molecule has 1 aliphatic carbocycles. The number of halogens is 3. The summed E-state index contributed by atoms with van der Waals surface area (Å²) >= 11 is 1.10. The van der Waals surface area contributed by atoms with Crippen molar-refractivity contribution in [3.63, 3.8) is 0 Å². The highest BCUT2D eigenvalue weighted by Gasteiger charge is 2.34. The molecule has 1 fully saturated rings. The van der Waals surface area contributed by atoms with Crippen LogP contribution in [0.4, 0.5) is 13.2 Å². The molecule has 0 aliphatic heterocycles. The van der Waals surface area contributed by atoms with Crippen LogP contribution in [0, 0.1) is 17.5 Å². The van der Waals surface area contributed by atoms with E-state index < -0.39 is 38.3 Å². The van der Waals surface area contributed by atoms with Crippen LogP contribution in [0.5, 0.6) is 0 Å². The van der Waals surface area contributed by atoms with Gasteiger partial charge in [0.1, 0.15) is 22.3 Å². The molecule has 8 nitrogen and oxygen atoms in total. The lowest BCUT2D eigenvalue weighted by atomic mass is 9.95. The van der Waals surface area contributed by atoms with Crippen LogP contribution in [0.15, 0.2) is 70.9 Å². The molecule has 13 heteroatoms. The van der Waals surface area contributed by atoms with Crippen LogP contribution in [0.25, 0.3) is 27.5 Å². The number of benzene rings is 3. The first-order chi connectivity index (χ1) is 20.0. The summed E-state index contributed by atoms with van der Waals surface area (Å²) in [7, 11) is -4.27. The van der Waals surface area contributed by atoms with E-state index in [1.165, 1.54) is 41.8 Å². The number of rotatable bonds is 8. The average molecular weight is 611 g/mol. The molecule has 0 atom stereocenters. The maximum Gasteiger partial charge on any atom is 0.355 e. The Labute approximate surface area is 241 Å². The van der Waals surface area contributed by atoms with Crippen LogP contribution in [0.3, 0.4) is 0 Å². The molecule has 1 aliphatic rings. The number of thiazole rings is 1. The fraction of sp³-hybridized carbons (Fsp3) is 0.138. The van der Waals surface area contributed by atoms with Gasteiger partial charge in [-0.1, -0.05) is 18.2 Å². The molecule has 3 aromatic carbocycles. The molecule has 0 radical (unpaired) electrons. The number of hydrogen-bond donors (Lipinski definition) is 2. The maximum absolute atomic E-state index is 15.0. The first-order valence-electron chi connectivity index (χ1n) is 12.7. The summed E-state index contributed by atoms with van der Waals surface area (Å²) in [5, 5.41) is 21.1. The lowest BCUT2D eigenvalue weighted by molar-refractivity contribution is 0.0691. The molecule has 0 spiro atoms. The van der Waals surface area contributed by atoms with Crippen LogP contribution < -0.4 is 5.14 Å². The number of aromatic nitrogens is 3. The lowest BCUT2D eigenvalue weighted by Gasteiger charge is -2.10. The van der Waals surface area contributed by atoms with Crippen LogP contribution in [-0.2, 0) is 16.4 Å². The van der Waals surface area contributed by atoms with Crippen molar-refractivity contribution in [3.05, 3.63) is 106 Å². The number of primary sulfonamides is 1. The van der Waals surface area contributed by atoms with E-state index in [1.54, 1.807) is 16.8 Å². The fourth-order valence-electron chi connectivity index (χ4n) is 4.86. The van der Waals surface area contributed by atoms with Crippen molar-refractivity contribution in [2.45, 2.75) is 30.1 Å². The highest BCUT2D eigenvalue weighted by molar-refractivity contribution is 7.89. The number of aromatic carboxylic acids is 1. The zero-order valence-electron chi connectivity index (χ0n) is 21.6. The van der Waals surface area contributed by atoms with Crippen molar-refractivity contribution >= 4 is 27.3 Å². The maximum atomic E-state index is 15.0. The van der Waals surface area contributed by atoms with Gasteiger partial charge >= 0.3 is 5.97 Å². The fourth-order valence-corrected chi connectivity index (χ4v) is 6.21. The van der Waals surface area contributed by atoms with Gasteiger partial charge < -0.3 is 5.11 Å². The predicted octanol–water partition coefficient (Wildman–Crippen LogP) is 5.89. The Morgan fingerprint density at radius 2 is 1.71 bits per heavy atom. The first-order valence-corrected chi connectivity index (χ1v) is 15.1. The van der Waals surface area contributed by atoms with Crippen LogP contribution in [-0.4, -0.2) is 34.3 Å². The molecular formula is C29H21F3N4O4S2. The second-order valence-electron chi connectivity index (χ2n) is 9.91. The van der Waals surface area contributed by atoms with Gasteiger partial charge in [0.25, 0.3) is 0 Å². The van der Waals surface area contributed by atoms with E-state index in [2.05, 4.69) is 4.98 Å². The van der Waals surface area contributed by atoms with Crippen LogP contribution in [0.1, 0.15) is 46.1 Å². The quantitative estimate of drug-likeness (QED) is 0.225. The summed E-state index contributed by atoms with van der Waals surface area (Å²) in [6.45, 7) is 0. The third-order valence-electron chi connectivity index (χ3n) is 6.96. The van der Waals surface area contributed by atoms with Crippen molar-refractivity contribution in [2.75, 3.05) is 0 Å². The predicted molar refractivity (Wildman–Crippen MR) is 150 cm³/mol. The van der Waals surface area contributed by atoms with E-state index in [9.17, 15) is 31.5 Å². The Kier molecular flexibility index (Phi) is 6.95. The highest BCUT2D eigenvalue weighted by Crippen LogP contribution is 2.46. The minimum Gasteiger partial charge on any atom is -0.476 e. The molecule has 42 heavy (non-hydrogen) atoms. The van der Waals surface area contributed by atoms with E-state index in [4.69, 9.17) is 10.2 Å². The van der Waals surface area contributed by atoms with Crippen LogP contribution >= 0.6 is 11.3 Å². The number of hydrogen-bond acceptors (Lipinski definition) is 6. The van der Waals surface area contributed by atoms with Crippen molar-refractivity contribution < 1.29 is 31.5 Å². The van der Waals surface area contributed by atoms with Gasteiger partial charge in [0.05, 0.1) is 11.4 Å². The summed E-state index contributed by atoms with van der Waals surface area (Å²) in [6.07, 6.45) is 1.79. The Bertz CT molecular complexity index is 1970. The Hall–Kier alpha value is -4.33. The molecule has 0 amide bonds. The number of carboxylic acid groups (broad SMARTS) is 1. The summed E-state index contributed by atoms with van der Waals surface area (Å²) in [4.78, 5) is 15.1. The van der Waals surface area contributed by atoms with Gasteiger partial charge in [0, 0.05) is 34.4 Å². The normalized spacial score (nSPS) is 13.4. The number of nitrogens with two attached hydrogens (primary N) is 1. The minimum atomic E-state index is -4.27. The van der Waals surface area contributed by atoms with Crippen molar-refractivity contribution in [2.24, 2.45) is 5.14 Å². The Balaban J connectivity index is 1.54. The second kappa shape index (κ2) is 10.5. The minimum absolute atomic E-state index is 0.0592. The number of carboxylic acids is 1. The van der Waals surface area contributed by atoms with E-state index in [-0.39, 0.29) is 23.6 Å². The summed E-state index contributed by atoms with van der Waals surface area (Å²) in [5.74, 6) is -3.12. The topological polar surface area (TPSA) is 128 Å². The molecule has 0 unspecified atom stereocenters. The van der Waals surface area contributed by atoms with Crippen molar-refractivity contribution in [1.82, 2.24) is 14.8 Å². The molecule has 1 saturated carbocycles. The zero-order valence-corrected chi connectivity index (χ0v) is 23.2. The first kappa shape index (κ1) is 27.8. The Morgan fingerprint density at radius 3 is 2.33 bits per heavy atom. The van der Waals surface area contributed by atoms with Gasteiger partial charge in [-0.05, 0) is 66.4 Å². The third-order valence-corrected chi connectivity index (χ3v) is 8.72. The van der Waals surface area contributed by atoms with E-state index in [0.717, 1.165) is 42.0 Å². The van der Waals surface area contributed by atoms with Gasteiger partial charge in [-0.2, -0.15) is 5.10 Å². The monoisotopic (exact) mass is 610 g/mol. The largest absolute Gasteiger partial charge is 0.476 e. The van der Waals surface area contributed by atoms with Crippen molar-refractivity contribution in [3.8, 4) is 27.5 Å². The average Bonchev–Trinajstić information content (AvgIpc) is 3.52. The van der Waals surface area contributed by atoms with Gasteiger partial charge in [-0.3, -0.25) is 0 Å². The standard InChI is InChI=1S/C29H21F3N4O4S2/c30-19-7-4-16(5-8-19)20-13-18(6-9-22(20)31)26-21(11-15-1-10-25(23(32)12-15)42(33,39)40)27(17-2-3-17)36(35-26)29-34-24(14-41-29)28(37)38/h1,4-10,12-14,17H,2-3,11H2,(H,37,38)(H2,33,39,40). The molecule has 6 rings (SSSR count). The van der Waals surface area contributed by atoms with E-state index in [1.807, 2.05) is 0 Å². The third kappa shape index (κ3) is 5.33. The number of carbonyl (C=O) groups is 1. The summed E-state index contributed by atoms with van der Waals surface area (Å²) < 4.78 is 68.4. The number of nitrogens with zero attached hydrogens (tertiary/aromatic N) is 3. The molecular weight excluding hydrogens is 589 g/mol. The number of sulfonamides is 1. The van der Waals surface area contributed by atoms with E-state index in [0.29, 0.717) is 33.1 Å². The summed E-state index contributed by atoms with van der Waals surface area (Å²) in [5.41, 5.74) is 3.33. The van der Waals surface area contributed by atoms with E-state index >= 15 is 0 Å². The van der Waals surface area contributed by atoms with Crippen molar-refractivity contribution in [1.29, 1.82) is 0 Å². The lowest BCUT2D eigenvalue weighted by Crippen LogP contribution is -2.14. The SMILES string of the molecule is NS(=O)(=O)c1ccc(Cc2c(-c3ccc(F)c(-c4ccc(F)cc4)c3)nn(-c3nc(C(=O)O)cs3)c2C2CC2)cc1F. The van der Waals surface area contributed by atoms with Crippen LogP contribution in [0.2, 0.25) is 0 Å². The van der Waals surface area contributed by atoms with Gasteiger partial charge in [-0.25, -0.2) is 41.2 Å². The Morgan fingerprint density at radius 1 is 1.00 bits per heavy atom. The molecule has 2 heterocycles. The molecule has 0 bridgehead atoms. The highest BCUT2D eigenvalue weighted by atomic mass is 32.2. The van der Waals surface area contributed by atoms with Gasteiger partial charge in [-0.15, -0.1) is 11.3 Å². The van der Waals surface area contributed by atoms with Gasteiger partial charge in [0.15, 0.2) is 5.69 Å². The summed E-state index contributed by atoms with van der Waals surface area (Å²) in [6, 6.07) is 13.5. The second-order valence-corrected chi connectivity index (χ2v) is 12.3. The zero-order chi connectivity index (χ0) is 29.8.